The summed E-state index contributed by atoms with van der Waals surface area (Å²) < 4.78 is 11.4. The molecule has 3 rings (SSSR count). The first-order chi connectivity index (χ1) is 10.1. The molecule has 0 bridgehead atoms. The molecule has 0 aromatic heterocycles. The van der Waals surface area contributed by atoms with Gasteiger partial charge in [-0.05, 0) is 36.1 Å². The molecule has 0 saturated carbocycles. The van der Waals surface area contributed by atoms with Crippen LogP contribution in [0.1, 0.15) is 19.4 Å². The van der Waals surface area contributed by atoms with Gasteiger partial charge in [-0.25, -0.2) is 0 Å². The molecule has 0 fully saturated rings. The van der Waals surface area contributed by atoms with E-state index >= 15 is 0 Å². The number of ether oxygens (including phenoxy) is 2. The Labute approximate surface area is 129 Å². The third-order valence-corrected chi connectivity index (χ3v) is 4.05. The van der Waals surface area contributed by atoms with E-state index in [0.29, 0.717) is 0 Å². The molecule has 0 aliphatic carbocycles. The third kappa shape index (κ3) is 3.27. The van der Waals surface area contributed by atoms with Crippen molar-refractivity contribution in [1.82, 2.24) is 0 Å². The van der Waals surface area contributed by atoms with E-state index in [2.05, 4.69) is 35.8 Å². The maximum absolute atomic E-state index is 5.75. The third-order valence-electron chi connectivity index (χ3n) is 3.31. The summed E-state index contributed by atoms with van der Waals surface area (Å²) in [5, 5.41) is 3.41. The van der Waals surface area contributed by atoms with E-state index < -0.39 is 5.79 Å². The smallest absolute Gasteiger partial charge is 0.246 e. The van der Waals surface area contributed by atoms with Crippen molar-refractivity contribution in [1.29, 1.82) is 0 Å². The molecule has 0 unspecified atom stereocenters. The summed E-state index contributed by atoms with van der Waals surface area (Å²) in [6.45, 7) is 4.61. The molecule has 0 amide bonds. The second-order valence-electron chi connectivity index (χ2n) is 5.47. The Morgan fingerprint density at radius 2 is 1.71 bits per heavy atom. The van der Waals surface area contributed by atoms with Crippen LogP contribution >= 0.6 is 11.8 Å². The van der Waals surface area contributed by atoms with Crippen LogP contribution in [0.2, 0.25) is 0 Å². The van der Waals surface area contributed by atoms with Crippen LogP contribution in [0.15, 0.2) is 47.4 Å². The van der Waals surface area contributed by atoms with E-state index in [1.165, 1.54) is 10.5 Å². The lowest BCUT2D eigenvalue weighted by molar-refractivity contribution is -0.0431. The van der Waals surface area contributed by atoms with Gasteiger partial charge < -0.3 is 14.8 Å². The van der Waals surface area contributed by atoms with Crippen molar-refractivity contribution in [3.63, 3.8) is 0 Å². The average molecular weight is 301 g/mol. The Morgan fingerprint density at radius 3 is 2.43 bits per heavy atom. The number of fused-ring (bicyclic) bond motifs is 1. The molecule has 1 aliphatic rings. The van der Waals surface area contributed by atoms with Gasteiger partial charge in [-0.15, -0.1) is 11.8 Å². The highest BCUT2D eigenvalue weighted by molar-refractivity contribution is 7.98. The standard InChI is InChI=1S/C17H19NO2S/c1-17(2)19-15-9-6-13(10-16(15)20-17)18-11-12-4-7-14(21-3)8-5-12/h4-10,18H,11H2,1-3H3. The molecule has 0 spiro atoms. The van der Waals surface area contributed by atoms with Crippen molar-refractivity contribution in [2.75, 3.05) is 11.6 Å². The van der Waals surface area contributed by atoms with Crippen molar-refractivity contribution in [3.05, 3.63) is 48.0 Å². The van der Waals surface area contributed by atoms with Gasteiger partial charge >= 0.3 is 0 Å². The molecule has 0 saturated heterocycles. The fourth-order valence-corrected chi connectivity index (χ4v) is 2.69. The van der Waals surface area contributed by atoms with Crippen LogP contribution in [-0.2, 0) is 6.54 Å². The van der Waals surface area contributed by atoms with Crippen LogP contribution in [-0.4, -0.2) is 12.0 Å². The lowest BCUT2D eigenvalue weighted by atomic mass is 10.2. The predicted octanol–water partition coefficient (Wildman–Crippen LogP) is 4.53. The Balaban J connectivity index is 1.66. The SMILES string of the molecule is CSc1ccc(CNc2ccc3c(c2)OC(C)(C)O3)cc1. The minimum atomic E-state index is -0.575. The van der Waals surface area contributed by atoms with E-state index in [1.54, 1.807) is 11.8 Å². The van der Waals surface area contributed by atoms with Crippen LogP contribution in [0.25, 0.3) is 0 Å². The van der Waals surface area contributed by atoms with Gasteiger partial charge in [-0.3, -0.25) is 0 Å². The van der Waals surface area contributed by atoms with Gasteiger partial charge in [0.2, 0.25) is 5.79 Å². The average Bonchev–Trinajstić information content (AvgIpc) is 2.78. The zero-order chi connectivity index (χ0) is 14.9. The first-order valence-corrected chi connectivity index (χ1v) is 8.17. The molecular formula is C17H19NO2S. The lowest BCUT2D eigenvalue weighted by Gasteiger charge is -2.16. The summed E-state index contributed by atoms with van der Waals surface area (Å²) in [5.41, 5.74) is 2.29. The Morgan fingerprint density at radius 1 is 1.00 bits per heavy atom. The van der Waals surface area contributed by atoms with Gasteiger partial charge in [0.25, 0.3) is 0 Å². The molecule has 2 aromatic carbocycles. The largest absolute Gasteiger partial charge is 0.449 e. The van der Waals surface area contributed by atoms with Crippen molar-refractivity contribution in [2.45, 2.75) is 31.1 Å². The van der Waals surface area contributed by atoms with E-state index in [0.717, 1.165) is 23.7 Å². The summed E-state index contributed by atoms with van der Waals surface area (Å²) in [6.07, 6.45) is 2.08. The van der Waals surface area contributed by atoms with Crippen LogP contribution in [0.4, 0.5) is 5.69 Å². The Kier molecular flexibility index (Phi) is 3.72. The molecule has 1 aliphatic heterocycles. The van der Waals surface area contributed by atoms with Gasteiger partial charge in [0.05, 0.1) is 0 Å². The normalized spacial score (nSPS) is 15.0. The maximum atomic E-state index is 5.75. The quantitative estimate of drug-likeness (QED) is 0.841. The molecule has 21 heavy (non-hydrogen) atoms. The number of hydrogen-bond acceptors (Lipinski definition) is 4. The summed E-state index contributed by atoms with van der Waals surface area (Å²) in [7, 11) is 0. The topological polar surface area (TPSA) is 30.5 Å². The molecule has 0 atom stereocenters. The van der Waals surface area contributed by atoms with E-state index in [1.807, 2.05) is 32.0 Å². The fraction of sp³-hybridized carbons (Fsp3) is 0.294. The Hall–Kier alpha value is -1.81. The summed E-state index contributed by atoms with van der Waals surface area (Å²) >= 11 is 1.75. The minimum Gasteiger partial charge on any atom is -0.449 e. The van der Waals surface area contributed by atoms with Crippen LogP contribution in [0.3, 0.4) is 0 Å². The monoisotopic (exact) mass is 301 g/mol. The molecule has 1 N–H and O–H groups in total. The van der Waals surface area contributed by atoms with Crippen molar-refractivity contribution < 1.29 is 9.47 Å². The zero-order valence-electron chi connectivity index (χ0n) is 12.5. The zero-order valence-corrected chi connectivity index (χ0v) is 13.3. The van der Waals surface area contributed by atoms with Crippen LogP contribution in [0.5, 0.6) is 11.5 Å². The number of hydrogen-bond donors (Lipinski definition) is 1. The molecule has 3 nitrogen and oxygen atoms in total. The number of rotatable bonds is 4. The number of benzene rings is 2. The second-order valence-corrected chi connectivity index (χ2v) is 6.35. The predicted molar refractivity (Wildman–Crippen MR) is 87.3 cm³/mol. The van der Waals surface area contributed by atoms with Crippen molar-refractivity contribution in [2.24, 2.45) is 0 Å². The lowest BCUT2D eigenvalue weighted by Crippen LogP contribution is -2.29. The molecule has 1 heterocycles. The van der Waals surface area contributed by atoms with Gasteiger partial charge in [0, 0.05) is 37.0 Å². The second kappa shape index (κ2) is 5.53. The first kappa shape index (κ1) is 14.1. The molecule has 0 radical (unpaired) electrons. The highest BCUT2D eigenvalue weighted by Crippen LogP contribution is 2.40. The van der Waals surface area contributed by atoms with Crippen molar-refractivity contribution >= 4 is 17.4 Å². The summed E-state index contributed by atoms with van der Waals surface area (Å²) in [5.74, 6) is 1.02. The van der Waals surface area contributed by atoms with Crippen molar-refractivity contribution in [3.8, 4) is 11.5 Å². The molecule has 2 aromatic rings. The summed E-state index contributed by atoms with van der Waals surface area (Å²) in [6, 6.07) is 14.5. The molecule has 4 heteroatoms. The van der Waals surface area contributed by atoms with E-state index in [4.69, 9.17) is 9.47 Å². The highest BCUT2D eigenvalue weighted by atomic mass is 32.2. The highest BCUT2D eigenvalue weighted by Gasteiger charge is 2.31. The number of thioether (sulfide) groups is 1. The van der Waals surface area contributed by atoms with Gasteiger partial charge in [0.1, 0.15) is 0 Å². The number of nitrogens with one attached hydrogen (secondary N) is 1. The fourth-order valence-electron chi connectivity index (χ4n) is 2.28. The number of anilines is 1. The van der Waals surface area contributed by atoms with Gasteiger partial charge in [0.15, 0.2) is 11.5 Å². The van der Waals surface area contributed by atoms with Gasteiger partial charge in [-0.1, -0.05) is 12.1 Å². The minimum absolute atomic E-state index is 0.575. The van der Waals surface area contributed by atoms with Crippen LogP contribution in [0, 0.1) is 0 Å². The van der Waals surface area contributed by atoms with Crippen LogP contribution < -0.4 is 14.8 Å². The first-order valence-electron chi connectivity index (χ1n) is 6.95. The van der Waals surface area contributed by atoms with E-state index in [9.17, 15) is 0 Å². The van der Waals surface area contributed by atoms with Gasteiger partial charge in [-0.2, -0.15) is 0 Å². The van der Waals surface area contributed by atoms with E-state index in [-0.39, 0.29) is 0 Å². The Bertz CT molecular complexity index is 638. The maximum Gasteiger partial charge on any atom is 0.246 e. The molecular weight excluding hydrogens is 282 g/mol. The summed E-state index contributed by atoms with van der Waals surface area (Å²) in [4.78, 5) is 1.28. The molecule has 110 valence electrons.